The number of hydrogen-bond acceptors (Lipinski definition) is 0. The van der Waals surface area contributed by atoms with E-state index in [-0.39, 0.29) is 0 Å². The molecule has 0 amide bonds. The molecule has 0 N–H and O–H groups in total. The Bertz CT molecular complexity index is 279. The average molecular weight is 186 g/mol. The zero-order chi connectivity index (χ0) is 10.2. The summed E-state index contributed by atoms with van der Waals surface area (Å²) < 4.78 is 0. The van der Waals surface area contributed by atoms with E-state index < -0.39 is 0 Å². The van der Waals surface area contributed by atoms with E-state index in [0.29, 0.717) is 5.92 Å². The molecule has 0 saturated carbocycles. The number of benzene rings is 1. The first kappa shape index (κ1) is 10.9. The molecule has 1 unspecified atom stereocenters. The van der Waals surface area contributed by atoms with Crippen LogP contribution in [0.15, 0.2) is 30.3 Å². The highest BCUT2D eigenvalue weighted by Crippen LogP contribution is 2.12. The van der Waals surface area contributed by atoms with E-state index in [0.717, 1.165) is 19.3 Å². The normalized spacial score (nSPS) is 12.0. The van der Waals surface area contributed by atoms with Crippen molar-refractivity contribution in [2.24, 2.45) is 5.92 Å². The maximum atomic E-state index is 5.41. The summed E-state index contributed by atoms with van der Waals surface area (Å²) in [5, 5.41) is 0. The SMILES string of the molecule is C#CC(CC)CCCc1ccccc1. The quantitative estimate of drug-likeness (QED) is 0.615. The van der Waals surface area contributed by atoms with Crippen LogP contribution in [0.2, 0.25) is 0 Å². The van der Waals surface area contributed by atoms with Crippen molar-refractivity contribution in [1.82, 2.24) is 0 Å². The molecule has 0 fully saturated rings. The molecule has 0 spiro atoms. The molecule has 0 aliphatic carbocycles. The van der Waals surface area contributed by atoms with Crippen LogP contribution < -0.4 is 0 Å². The Morgan fingerprint density at radius 1 is 1.29 bits per heavy atom. The van der Waals surface area contributed by atoms with Gasteiger partial charge in [-0.25, -0.2) is 0 Å². The highest BCUT2D eigenvalue weighted by Gasteiger charge is 2.01. The number of hydrogen-bond donors (Lipinski definition) is 0. The third-order valence-electron chi connectivity index (χ3n) is 2.59. The van der Waals surface area contributed by atoms with Crippen LogP contribution in [0.1, 0.15) is 31.7 Å². The van der Waals surface area contributed by atoms with Crippen LogP contribution in [-0.2, 0) is 6.42 Å². The zero-order valence-electron chi connectivity index (χ0n) is 8.87. The van der Waals surface area contributed by atoms with E-state index in [1.165, 1.54) is 12.0 Å². The van der Waals surface area contributed by atoms with E-state index in [1.54, 1.807) is 0 Å². The van der Waals surface area contributed by atoms with E-state index in [2.05, 4.69) is 43.2 Å². The summed E-state index contributed by atoms with van der Waals surface area (Å²) >= 11 is 0. The Labute approximate surface area is 87.4 Å². The molecule has 0 heteroatoms. The Morgan fingerprint density at radius 3 is 2.57 bits per heavy atom. The van der Waals surface area contributed by atoms with Gasteiger partial charge in [0.15, 0.2) is 0 Å². The monoisotopic (exact) mass is 186 g/mol. The van der Waals surface area contributed by atoms with Crippen LogP contribution in [0.3, 0.4) is 0 Å². The van der Waals surface area contributed by atoms with Crippen molar-refractivity contribution in [1.29, 1.82) is 0 Å². The first-order chi connectivity index (χ1) is 6.86. The molecule has 0 radical (unpaired) electrons. The standard InChI is InChI=1S/C14H18/c1-3-13(4-2)11-8-12-14-9-6-5-7-10-14/h1,5-7,9-10,13H,4,8,11-12H2,2H3. The van der Waals surface area contributed by atoms with Gasteiger partial charge in [0.1, 0.15) is 0 Å². The minimum Gasteiger partial charge on any atom is -0.120 e. The maximum Gasteiger partial charge on any atom is 0.0197 e. The molecule has 0 aliphatic rings. The molecule has 0 aliphatic heterocycles. The van der Waals surface area contributed by atoms with Crippen LogP contribution >= 0.6 is 0 Å². The van der Waals surface area contributed by atoms with Gasteiger partial charge in [0.25, 0.3) is 0 Å². The Balaban J connectivity index is 2.26. The Morgan fingerprint density at radius 2 is 2.00 bits per heavy atom. The third-order valence-corrected chi connectivity index (χ3v) is 2.59. The summed E-state index contributed by atoms with van der Waals surface area (Å²) in [6.45, 7) is 2.16. The Hall–Kier alpha value is -1.22. The van der Waals surface area contributed by atoms with Gasteiger partial charge in [0.05, 0.1) is 0 Å². The fourth-order valence-corrected chi connectivity index (χ4v) is 1.60. The molecule has 0 heterocycles. The van der Waals surface area contributed by atoms with Gasteiger partial charge in [-0.05, 0) is 31.2 Å². The largest absolute Gasteiger partial charge is 0.120 e. The van der Waals surface area contributed by atoms with Gasteiger partial charge in [-0.15, -0.1) is 12.3 Å². The molecular weight excluding hydrogens is 168 g/mol. The van der Waals surface area contributed by atoms with Crippen molar-refractivity contribution in [3.8, 4) is 12.3 Å². The third kappa shape index (κ3) is 3.66. The molecule has 1 rings (SSSR count). The molecule has 1 atom stereocenters. The van der Waals surface area contributed by atoms with Gasteiger partial charge in [-0.1, -0.05) is 37.3 Å². The van der Waals surface area contributed by atoms with E-state index >= 15 is 0 Å². The topological polar surface area (TPSA) is 0 Å². The maximum absolute atomic E-state index is 5.41. The van der Waals surface area contributed by atoms with Crippen LogP contribution in [-0.4, -0.2) is 0 Å². The van der Waals surface area contributed by atoms with Crippen molar-refractivity contribution >= 4 is 0 Å². The summed E-state index contributed by atoms with van der Waals surface area (Å²) in [7, 11) is 0. The number of terminal acetylenes is 1. The van der Waals surface area contributed by atoms with Crippen LogP contribution in [0, 0.1) is 18.3 Å². The van der Waals surface area contributed by atoms with Crippen molar-refractivity contribution in [3.63, 3.8) is 0 Å². The van der Waals surface area contributed by atoms with Gasteiger partial charge >= 0.3 is 0 Å². The van der Waals surface area contributed by atoms with Crippen molar-refractivity contribution in [3.05, 3.63) is 35.9 Å². The van der Waals surface area contributed by atoms with Crippen molar-refractivity contribution in [2.45, 2.75) is 32.6 Å². The first-order valence-corrected chi connectivity index (χ1v) is 5.37. The summed E-state index contributed by atoms with van der Waals surface area (Å²) in [5.74, 6) is 3.31. The lowest BCUT2D eigenvalue weighted by Crippen LogP contribution is -1.96. The Kier molecular flexibility index (Phi) is 4.86. The number of rotatable bonds is 5. The summed E-state index contributed by atoms with van der Waals surface area (Å²) in [6.07, 6.45) is 10.0. The van der Waals surface area contributed by atoms with Crippen molar-refractivity contribution < 1.29 is 0 Å². The molecule has 0 bridgehead atoms. The minimum absolute atomic E-state index is 0.471. The van der Waals surface area contributed by atoms with Crippen LogP contribution in [0.4, 0.5) is 0 Å². The van der Waals surface area contributed by atoms with Crippen LogP contribution in [0.25, 0.3) is 0 Å². The van der Waals surface area contributed by atoms with E-state index in [9.17, 15) is 0 Å². The minimum atomic E-state index is 0.471. The van der Waals surface area contributed by atoms with Crippen LogP contribution in [0.5, 0.6) is 0 Å². The molecule has 1 aromatic rings. The highest BCUT2D eigenvalue weighted by molar-refractivity contribution is 5.14. The summed E-state index contributed by atoms with van der Waals surface area (Å²) in [4.78, 5) is 0. The van der Waals surface area contributed by atoms with Gasteiger partial charge < -0.3 is 0 Å². The fourth-order valence-electron chi connectivity index (χ4n) is 1.60. The van der Waals surface area contributed by atoms with Gasteiger partial charge in [-0.2, -0.15) is 0 Å². The van der Waals surface area contributed by atoms with Gasteiger partial charge in [0.2, 0.25) is 0 Å². The first-order valence-electron chi connectivity index (χ1n) is 5.37. The molecule has 1 aromatic carbocycles. The zero-order valence-corrected chi connectivity index (χ0v) is 8.87. The second kappa shape index (κ2) is 6.27. The highest BCUT2D eigenvalue weighted by atomic mass is 14.0. The lowest BCUT2D eigenvalue weighted by molar-refractivity contribution is 0.562. The predicted octanol–water partition coefficient (Wildman–Crippen LogP) is 3.67. The molecular formula is C14H18. The fraction of sp³-hybridized carbons (Fsp3) is 0.429. The molecule has 74 valence electrons. The lowest BCUT2D eigenvalue weighted by Gasteiger charge is -2.06. The average Bonchev–Trinajstić information content (AvgIpc) is 2.26. The van der Waals surface area contributed by atoms with Gasteiger partial charge in [0, 0.05) is 5.92 Å². The number of aryl methyl sites for hydroxylation is 1. The molecule has 0 nitrogen and oxygen atoms in total. The molecule has 0 aromatic heterocycles. The van der Waals surface area contributed by atoms with E-state index in [4.69, 9.17) is 6.42 Å². The second-order valence-corrected chi connectivity index (χ2v) is 3.65. The molecule has 0 saturated heterocycles. The summed E-state index contributed by atoms with van der Waals surface area (Å²) in [6, 6.07) is 10.6. The second-order valence-electron chi connectivity index (χ2n) is 3.65. The van der Waals surface area contributed by atoms with Crippen molar-refractivity contribution in [2.75, 3.05) is 0 Å². The lowest BCUT2D eigenvalue weighted by atomic mass is 9.98. The van der Waals surface area contributed by atoms with E-state index in [1.807, 2.05) is 0 Å². The summed E-state index contributed by atoms with van der Waals surface area (Å²) in [5.41, 5.74) is 1.42. The smallest absolute Gasteiger partial charge is 0.0197 e. The predicted molar refractivity (Wildman–Crippen MR) is 62.0 cm³/mol. The molecule has 14 heavy (non-hydrogen) atoms. The van der Waals surface area contributed by atoms with Gasteiger partial charge in [-0.3, -0.25) is 0 Å².